The van der Waals surface area contributed by atoms with Crippen LogP contribution in [0, 0.1) is 11.3 Å². The maximum Gasteiger partial charge on any atom is 0.328 e. The largest absolute Gasteiger partial charge is 0.464 e. The van der Waals surface area contributed by atoms with E-state index in [1.54, 1.807) is 36.1 Å². The molecule has 3 heterocycles. The Morgan fingerprint density at radius 3 is 2.39 bits per heavy atom. The molecule has 17 heteroatoms. The Morgan fingerprint density at radius 1 is 1.10 bits per heavy atom. The maximum absolute atomic E-state index is 14.0. The van der Waals surface area contributed by atoms with E-state index in [0.717, 1.165) is 4.31 Å². The third-order valence-electron chi connectivity index (χ3n) is 8.77. The lowest BCUT2D eigenvalue weighted by Crippen LogP contribution is -2.51. The summed E-state index contributed by atoms with van der Waals surface area (Å²) < 4.78 is 62.1. The Bertz CT molecular complexity index is 1920. The van der Waals surface area contributed by atoms with Crippen molar-refractivity contribution in [3.63, 3.8) is 0 Å². The smallest absolute Gasteiger partial charge is 0.328 e. The first-order valence-corrected chi connectivity index (χ1v) is 18.2. The number of esters is 1. The van der Waals surface area contributed by atoms with E-state index in [4.69, 9.17) is 27.9 Å². The fourth-order valence-electron chi connectivity index (χ4n) is 6.12. The zero-order valence-electron chi connectivity index (χ0n) is 27.3. The summed E-state index contributed by atoms with van der Waals surface area (Å²) in [6.45, 7) is 1.50. The molecule has 2 aliphatic rings. The van der Waals surface area contributed by atoms with Crippen LogP contribution in [0.2, 0.25) is 10.0 Å². The summed E-state index contributed by atoms with van der Waals surface area (Å²) in [7, 11) is -4.35. The predicted octanol–water partition coefficient (Wildman–Crippen LogP) is 4.67. The fraction of sp³-hybridized carbons (Fsp3) is 0.382. The van der Waals surface area contributed by atoms with Gasteiger partial charge in [-0.2, -0.15) is 9.57 Å². The molecule has 270 valence electrons. The van der Waals surface area contributed by atoms with Crippen molar-refractivity contribution in [1.82, 2.24) is 19.5 Å². The number of carbonyl (C=O) groups excluding carboxylic acids is 3. The highest BCUT2D eigenvalue weighted by Gasteiger charge is 2.48. The van der Waals surface area contributed by atoms with Gasteiger partial charge in [-0.15, -0.1) is 0 Å². The highest BCUT2D eigenvalue weighted by atomic mass is 35.5. The second-order valence-corrected chi connectivity index (χ2v) is 14.9. The van der Waals surface area contributed by atoms with Crippen molar-refractivity contribution in [3.8, 4) is 6.07 Å². The number of ether oxygens (including phenoxy) is 1. The van der Waals surface area contributed by atoms with Crippen molar-refractivity contribution < 1.29 is 36.3 Å². The minimum atomic E-state index is -4.35. The van der Waals surface area contributed by atoms with E-state index in [9.17, 15) is 36.8 Å². The molecule has 51 heavy (non-hydrogen) atoms. The first-order valence-electron chi connectivity index (χ1n) is 16.0. The van der Waals surface area contributed by atoms with E-state index in [1.807, 2.05) is 6.07 Å². The summed E-state index contributed by atoms with van der Waals surface area (Å²) >= 11 is 12.2. The summed E-state index contributed by atoms with van der Waals surface area (Å²) in [5.41, 5.74) is 1.11. The number of alkyl halides is 2. The molecule has 12 nitrogen and oxygen atoms in total. The summed E-state index contributed by atoms with van der Waals surface area (Å²) in [5, 5.41) is 14.9. The summed E-state index contributed by atoms with van der Waals surface area (Å²) in [5.74, 6) is -4.92. The van der Waals surface area contributed by atoms with Crippen molar-refractivity contribution in [2.24, 2.45) is 0 Å². The SMILES string of the molecule is CCOC(=O)C(Cc1ccc(NC(=O)c2c(Cl)cncc2Cl)cc1)NC(=O)C1CC(N2CCC(F)(F)CC2)CN1S(=O)(=O)c1cccc(C#N)c1. The fourth-order valence-corrected chi connectivity index (χ4v) is 8.33. The molecule has 0 radical (unpaired) electrons. The van der Waals surface area contributed by atoms with Crippen molar-refractivity contribution in [3.05, 3.63) is 87.7 Å². The van der Waals surface area contributed by atoms with Gasteiger partial charge in [-0.3, -0.25) is 19.5 Å². The Hall–Kier alpha value is -4.20. The quantitative estimate of drug-likeness (QED) is 0.265. The van der Waals surface area contributed by atoms with Gasteiger partial charge in [0.1, 0.15) is 12.1 Å². The molecule has 2 saturated heterocycles. The average molecular weight is 764 g/mol. The second kappa shape index (κ2) is 16.0. The normalized spacial score (nSPS) is 19.8. The molecule has 2 amide bonds. The zero-order chi connectivity index (χ0) is 36.9. The number of halogens is 4. The molecule has 2 N–H and O–H groups in total. The molecule has 3 atom stereocenters. The van der Waals surface area contributed by atoms with Gasteiger partial charge in [0.15, 0.2) is 0 Å². The Kier molecular flexibility index (Phi) is 11.9. The number of hydrogen-bond acceptors (Lipinski definition) is 9. The van der Waals surface area contributed by atoms with E-state index >= 15 is 0 Å². The van der Waals surface area contributed by atoms with E-state index in [1.165, 1.54) is 36.7 Å². The van der Waals surface area contributed by atoms with Crippen molar-refractivity contribution in [2.45, 2.75) is 61.6 Å². The molecular formula is C34H34Cl2F2N6O6S. The maximum atomic E-state index is 14.0. The monoisotopic (exact) mass is 762 g/mol. The molecule has 3 unspecified atom stereocenters. The van der Waals surface area contributed by atoms with Crippen LogP contribution in [0.1, 0.15) is 47.7 Å². The number of nitrogens with one attached hydrogen (secondary N) is 2. The first kappa shape index (κ1) is 38.0. The third kappa shape index (κ3) is 9.00. The van der Waals surface area contributed by atoms with Crippen molar-refractivity contribution in [2.75, 3.05) is 31.6 Å². The van der Waals surface area contributed by atoms with E-state index < -0.39 is 64.7 Å². The Labute approximate surface area is 303 Å². The predicted molar refractivity (Wildman–Crippen MR) is 184 cm³/mol. The minimum absolute atomic E-state index is 0.00990. The number of piperidine rings is 1. The van der Waals surface area contributed by atoms with Crippen LogP contribution in [0.4, 0.5) is 14.5 Å². The van der Waals surface area contributed by atoms with Crippen molar-refractivity contribution >= 4 is 56.7 Å². The van der Waals surface area contributed by atoms with Crippen LogP contribution in [-0.4, -0.2) is 90.7 Å². The number of carbonyl (C=O) groups is 3. The van der Waals surface area contributed by atoms with Gasteiger partial charge in [0.2, 0.25) is 15.9 Å². The number of sulfonamides is 1. The van der Waals surface area contributed by atoms with Gasteiger partial charge in [-0.05, 0) is 49.2 Å². The number of anilines is 1. The van der Waals surface area contributed by atoms with Crippen LogP contribution in [-0.2, 0) is 30.8 Å². The van der Waals surface area contributed by atoms with Crippen molar-refractivity contribution in [1.29, 1.82) is 5.26 Å². The van der Waals surface area contributed by atoms with Crippen LogP contribution in [0.3, 0.4) is 0 Å². The number of benzene rings is 2. The highest BCUT2D eigenvalue weighted by Crippen LogP contribution is 2.34. The summed E-state index contributed by atoms with van der Waals surface area (Å²) in [4.78, 5) is 45.3. The molecule has 0 bridgehead atoms. The second-order valence-electron chi connectivity index (χ2n) is 12.2. The number of amides is 2. The summed E-state index contributed by atoms with van der Waals surface area (Å²) in [6.07, 6.45) is 1.73. The molecule has 2 fully saturated rings. The highest BCUT2D eigenvalue weighted by molar-refractivity contribution is 7.89. The van der Waals surface area contributed by atoms with Gasteiger partial charge in [0.25, 0.3) is 11.8 Å². The molecule has 3 aromatic rings. The molecular weight excluding hydrogens is 729 g/mol. The average Bonchev–Trinajstić information content (AvgIpc) is 3.55. The standard InChI is InChI=1S/C34H34Cl2F2N6O6S/c1-2-50-33(47)28(15-21-6-8-23(9-7-21)41-32(46)30-26(35)18-40-19-27(30)36)42-31(45)29-16-24(43-12-10-34(37,38)11-13-43)20-44(29)51(48,49)25-5-3-4-22(14-25)17-39/h3-9,14,18-19,24,28-29H,2,10-13,15-16,20H2,1H3,(H,41,46)(H,42,45). The Balaban J connectivity index is 1.36. The lowest BCUT2D eigenvalue weighted by molar-refractivity contribution is -0.147. The van der Waals surface area contributed by atoms with Gasteiger partial charge in [0.05, 0.1) is 38.7 Å². The number of rotatable bonds is 11. The van der Waals surface area contributed by atoms with Crippen LogP contribution in [0.5, 0.6) is 0 Å². The van der Waals surface area contributed by atoms with Crippen LogP contribution in [0.15, 0.2) is 65.8 Å². The zero-order valence-corrected chi connectivity index (χ0v) is 29.6. The summed E-state index contributed by atoms with van der Waals surface area (Å²) in [6, 6.07) is 10.6. The van der Waals surface area contributed by atoms with E-state index in [2.05, 4.69) is 15.6 Å². The van der Waals surface area contributed by atoms with Gasteiger partial charge in [-0.25, -0.2) is 22.0 Å². The molecule has 2 aromatic carbocycles. The van der Waals surface area contributed by atoms with E-state index in [0.29, 0.717) is 11.3 Å². The van der Waals surface area contributed by atoms with Gasteiger partial charge in [-0.1, -0.05) is 41.4 Å². The molecule has 2 aliphatic heterocycles. The van der Waals surface area contributed by atoms with E-state index in [-0.39, 0.29) is 65.2 Å². The van der Waals surface area contributed by atoms with Crippen LogP contribution >= 0.6 is 23.2 Å². The number of pyridine rings is 1. The van der Waals surface area contributed by atoms with Crippen LogP contribution in [0.25, 0.3) is 0 Å². The van der Waals surface area contributed by atoms with Gasteiger partial charge >= 0.3 is 5.97 Å². The third-order valence-corrected chi connectivity index (χ3v) is 11.2. The Morgan fingerprint density at radius 2 is 1.76 bits per heavy atom. The lowest BCUT2D eigenvalue weighted by Gasteiger charge is -2.35. The topological polar surface area (TPSA) is 162 Å². The molecule has 0 spiro atoms. The number of nitrogens with zero attached hydrogens (tertiary/aromatic N) is 4. The minimum Gasteiger partial charge on any atom is -0.464 e. The molecule has 1 aromatic heterocycles. The number of hydrogen-bond donors (Lipinski definition) is 2. The number of likely N-dealkylation sites (tertiary alicyclic amines) is 1. The van der Waals surface area contributed by atoms with Gasteiger partial charge in [0, 0.05) is 63.0 Å². The first-order chi connectivity index (χ1) is 24.2. The van der Waals surface area contributed by atoms with Crippen LogP contribution < -0.4 is 10.6 Å². The molecule has 5 rings (SSSR count). The molecule has 0 saturated carbocycles. The lowest BCUT2D eigenvalue weighted by atomic mass is 10.0. The molecule has 0 aliphatic carbocycles. The van der Waals surface area contributed by atoms with Gasteiger partial charge < -0.3 is 15.4 Å². The number of nitriles is 1. The number of aromatic nitrogens is 1.